The van der Waals surface area contributed by atoms with Crippen LogP contribution in [0.2, 0.25) is 0 Å². The zero-order valence-electron chi connectivity index (χ0n) is 5.22. The fourth-order valence-corrected chi connectivity index (χ4v) is 1.84. The summed E-state index contributed by atoms with van der Waals surface area (Å²) in [6.07, 6.45) is 3.70. The maximum atomic E-state index is 10.5. The van der Waals surface area contributed by atoms with Gasteiger partial charge in [-0.15, -0.1) is 0 Å². The Morgan fingerprint density at radius 3 is 2.75 bits per heavy atom. The van der Waals surface area contributed by atoms with Crippen LogP contribution in [0.4, 0.5) is 0 Å². The lowest BCUT2D eigenvalue weighted by Crippen LogP contribution is -1.83. The molecule has 0 aromatic carbocycles. The van der Waals surface area contributed by atoms with Crippen molar-refractivity contribution in [1.82, 2.24) is 0 Å². The van der Waals surface area contributed by atoms with Crippen molar-refractivity contribution in [2.24, 2.45) is 0 Å². The van der Waals surface area contributed by atoms with E-state index >= 15 is 0 Å². The van der Waals surface area contributed by atoms with Gasteiger partial charge in [0.05, 0.1) is 0 Å². The molecule has 8 heavy (non-hydrogen) atoms. The molecule has 0 N–H and O–H groups in total. The fourth-order valence-electron chi connectivity index (χ4n) is 0.791. The van der Waals surface area contributed by atoms with Crippen LogP contribution in [0.1, 0.15) is 26.2 Å². The highest BCUT2D eigenvalue weighted by atomic mass is 32.2. The molecule has 1 heterocycles. The van der Waals surface area contributed by atoms with E-state index in [1.165, 1.54) is 19.3 Å². The molecule has 0 saturated carbocycles. The lowest BCUT2D eigenvalue weighted by Gasteiger charge is -1.87. The van der Waals surface area contributed by atoms with Crippen molar-refractivity contribution in [3.05, 3.63) is 0 Å². The largest absolute Gasteiger partial charge is 0.259 e. The van der Waals surface area contributed by atoms with Crippen molar-refractivity contribution in [2.75, 3.05) is 5.75 Å². The first-order chi connectivity index (χ1) is 3.84. The van der Waals surface area contributed by atoms with Crippen molar-refractivity contribution < 1.29 is 4.21 Å². The Labute approximate surface area is 52.9 Å². The second-order valence-electron chi connectivity index (χ2n) is 2.31. The van der Waals surface area contributed by atoms with Gasteiger partial charge < -0.3 is 0 Å². The highest BCUT2D eigenvalue weighted by Crippen LogP contribution is 2.21. The standard InChI is InChI=1S/C6H12OS/c1-2-3-4-6-5-8(6)7/h6H,2-5H2,1H3/t6-,8?/m1/s1. The van der Waals surface area contributed by atoms with Gasteiger partial charge in [0.15, 0.2) is 0 Å². The van der Waals surface area contributed by atoms with E-state index in [9.17, 15) is 4.21 Å². The van der Waals surface area contributed by atoms with Crippen LogP contribution in [-0.2, 0) is 10.8 Å². The van der Waals surface area contributed by atoms with Crippen LogP contribution in [0.5, 0.6) is 0 Å². The SMILES string of the molecule is CCCC[C@@H]1CS1=O. The van der Waals surface area contributed by atoms with Gasteiger partial charge in [-0.2, -0.15) is 0 Å². The second-order valence-corrected chi connectivity index (χ2v) is 4.07. The lowest BCUT2D eigenvalue weighted by molar-refractivity contribution is 0.686. The maximum absolute atomic E-state index is 10.5. The summed E-state index contributed by atoms with van der Waals surface area (Å²) in [7, 11) is -0.400. The molecule has 1 saturated heterocycles. The summed E-state index contributed by atoms with van der Waals surface area (Å²) in [5.74, 6) is 0.986. The van der Waals surface area contributed by atoms with E-state index < -0.39 is 10.8 Å². The van der Waals surface area contributed by atoms with E-state index in [1.807, 2.05) is 0 Å². The Morgan fingerprint density at radius 2 is 2.38 bits per heavy atom. The van der Waals surface area contributed by atoms with Gasteiger partial charge in [-0.05, 0) is 6.42 Å². The summed E-state index contributed by atoms with van der Waals surface area (Å²) in [6, 6.07) is 0. The van der Waals surface area contributed by atoms with Crippen LogP contribution >= 0.6 is 0 Å². The van der Waals surface area contributed by atoms with Crippen LogP contribution in [-0.4, -0.2) is 15.2 Å². The second kappa shape index (κ2) is 2.62. The minimum atomic E-state index is -0.400. The molecule has 0 aromatic rings. The first-order valence-corrected chi connectivity index (χ1v) is 4.60. The number of unbranched alkanes of at least 4 members (excludes halogenated alkanes) is 1. The predicted molar refractivity (Wildman–Crippen MR) is 36.3 cm³/mol. The third-order valence-corrected chi connectivity index (χ3v) is 2.93. The molecule has 1 unspecified atom stereocenters. The van der Waals surface area contributed by atoms with Gasteiger partial charge in [0, 0.05) is 21.8 Å². The summed E-state index contributed by atoms with van der Waals surface area (Å²) in [5, 5.41) is 0.593. The third-order valence-electron chi connectivity index (χ3n) is 1.49. The van der Waals surface area contributed by atoms with E-state index in [0.717, 1.165) is 5.75 Å². The summed E-state index contributed by atoms with van der Waals surface area (Å²) < 4.78 is 10.5. The molecule has 0 aromatic heterocycles. The first kappa shape index (κ1) is 6.27. The van der Waals surface area contributed by atoms with Gasteiger partial charge in [-0.25, -0.2) is 0 Å². The summed E-state index contributed by atoms with van der Waals surface area (Å²) in [6.45, 7) is 2.17. The molecule has 0 bridgehead atoms. The van der Waals surface area contributed by atoms with E-state index in [4.69, 9.17) is 0 Å². The molecule has 1 rings (SSSR count). The van der Waals surface area contributed by atoms with Crippen LogP contribution < -0.4 is 0 Å². The van der Waals surface area contributed by atoms with Crippen molar-refractivity contribution in [3.63, 3.8) is 0 Å². The average Bonchev–Trinajstić information content (AvgIpc) is 2.42. The Bertz CT molecular complexity index is 101. The van der Waals surface area contributed by atoms with Gasteiger partial charge >= 0.3 is 0 Å². The zero-order chi connectivity index (χ0) is 5.98. The number of hydrogen-bond acceptors (Lipinski definition) is 1. The van der Waals surface area contributed by atoms with E-state index in [0.29, 0.717) is 5.25 Å². The molecule has 1 fully saturated rings. The number of rotatable bonds is 3. The fraction of sp³-hybridized carbons (Fsp3) is 1.00. The maximum Gasteiger partial charge on any atom is 0.0463 e. The zero-order valence-corrected chi connectivity index (χ0v) is 6.04. The van der Waals surface area contributed by atoms with Crippen LogP contribution in [0.15, 0.2) is 0 Å². The van der Waals surface area contributed by atoms with Gasteiger partial charge in [0.1, 0.15) is 0 Å². The third kappa shape index (κ3) is 1.58. The average molecular weight is 132 g/mol. The van der Waals surface area contributed by atoms with Crippen molar-refractivity contribution >= 4 is 10.8 Å². The minimum Gasteiger partial charge on any atom is -0.259 e. The predicted octanol–water partition coefficient (Wildman–Crippen LogP) is 1.31. The van der Waals surface area contributed by atoms with Crippen molar-refractivity contribution in [2.45, 2.75) is 31.4 Å². The smallest absolute Gasteiger partial charge is 0.0463 e. The molecule has 2 heteroatoms. The van der Waals surface area contributed by atoms with Crippen LogP contribution in [0.25, 0.3) is 0 Å². The lowest BCUT2D eigenvalue weighted by atomic mass is 10.2. The van der Waals surface area contributed by atoms with Gasteiger partial charge in [0.2, 0.25) is 0 Å². The molecule has 48 valence electrons. The van der Waals surface area contributed by atoms with Crippen molar-refractivity contribution in [1.29, 1.82) is 0 Å². The molecule has 0 radical (unpaired) electrons. The minimum absolute atomic E-state index is 0.400. The molecule has 2 atom stereocenters. The Morgan fingerprint density at radius 1 is 1.75 bits per heavy atom. The summed E-state index contributed by atoms with van der Waals surface area (Å²) >= 11 is 0. The van der Waals surface area contributed by atoms with E-state index in [-0.39, 0.29) is 0 Å². The highest BCUT2D eigenvalue weighted by Gasteiger charge is 2.31. The van der Waals surface area contributed by atoms with Gasteiger partial charge in [-0.1, -0.05) is 19.8 Å². The first-order valence-electron chi connectivity index (χ1n) is 3.21. The topological polar surface area (TPSA) is 17.1 Å². The van der Waals surface area contributed by atoms with Crippen LogP contribution in [0, 0.1) is 0 Å². The molecule has 0 spiro atoms. The highest BCUT2D eigenvalue weighted by molar-refractivity contribution is 7.92. The monoisotopic (exact) mass is 132 g/mol. The Kier molecular flexibility index (Phi) is 2.06. The molecular weight excluding hydrogens is 120 g/mol. The van der Waals surface area contributed by atoms with E-state index in [2.05, 4.69) is 6.92 Å². The number of hydrogen-bond donors (Lipinski definition) is 0. The molecule has 1 aliphatic rings. The summed E-state index contributed by atoms with van der Waals surface area (Å²) in [5.41, 5.74) is 0. The normalized spacial score (nSPS) is 35.1. The molecular formula is C6H12OS. The molecule has 0 amide bonds. The molecule has 1 nitrogen and oxygen atoms in total. The Hall–Kier alpha value is 0.150. The summed E-state index contributed by atoms with van der Waals surface area (Å²) in [4.78, 5) is 0. The molecule has 1 aliphatic heterocycles. The molecule has 0 aliphatic carbocycles. The van der Waals surface area contributed by atoms with E-state index in [1.54, 1.807) is 0 Å². The van der Waals surface area contributed by atoms with Crippen LogP contribution in [0.3, 0.4) is 0 Å². The van der Waals surface area contributed by atoms with Gasteiger partial charge in [0.25, 0.3) is 0 Å². The van der Waals surface area contributed by atoms with Gasteiger partial charge in [-0.3, -0.25) is 4.21 Å². The Balaban J connectivity index is 1.97. The van der Waals surface area contributed by atoms with Crippen molar-refractivity contribution in [3.8, 4) is 0 Å². The quantitative estimate of drug-likeness (QED) is 0.529.